The van der Waals surface area contributed by atoms with Gasteiger partial charge in [-0.25, -0.2) is 0 Å². The fourth-order valence-corrected chi connectivity index (χ4v) is 2.53. The Balaban J connectivity index is 2.12. The van der Waals surface area contributed by atoms with Crippen LogP contribution in [0.25, 0.3) is 0 Å². The highest BCUT2D eigenvalue weighted by Gasteiger charge is 2.21. The number of carbonyl (C=O) groups is 2. The Morgan fingerprint density at radius 2 is 2.27 bits per heavy atom. The van der Waals surface area contributed by atoms with Gasteiger partial charge in [0.15, 0.2) is 11.5 Å². The molecule has 1 saturated heterocycles. The summed E-state index contributed by atoms with van der Waals surface area (Å²) in [7, 11) is 1.49. The minimum absolute atomic E-state index is 0.0104. The molecule has 2 N–H and O–H groups in total. The SMILES string of the molecule is CCOc1c(Cl)cc(C(=O)NC2CCC(=O)NC2)cc1OC. The van der Waals surface area contributed by atoms with Crippen LogP contribution in [0.5, 0.6) is 11.5 Å². The monoisotopic (exact) mass is 326 g/mol. The molecule has 1 aromatic carbocycles. The maximum absolute atomic E-state index is 12.3. The standard InChI is InChI=1S/C15H19ClN2O4/c1-3-22-14-11(16)6-9(7-12(14)21-2)15(20)18-10-4-5-13(19)17-8-10/h6-7,10H,3-5,8H2,1-2H3,(H,17,19)(H,18,20). The molecular formula is C15H19ClN2O4. The molecule has 0 aromatic heterocycles. The summed E-state index contributed by atoms with van der Waals surface area (Å²) in [6, 6.07) is 3.06. The first-order chi connectivity index (χ1) is 10.5. The number of hydrogen-bond donors (Lipinski definition) is 2. The zero-order chi connectivity index (χ0) is 16.1. The molecule has 6 nitrogen and oxygen atoms in total. The molecule has 0 bridgehead atoms. The number of amides is 2. The van der Waals surface area contributed by atoms with Gasteiger partial charge in [-0.3, -0.25) is 9.59 Å². The van der Waals surface area contributed by atoms with Gasteiger partial charge in [-0.2, -0.15) is 0 Å². The Morgan fingerprint density at radius 3 is 2.86 bits per heavy atom. The quantitative estimate of drug-likeness (QED) is 0.864. The van der Waals surface area contributed by atoms with E-state index in [0.717, 1.165) is 0 Å². The minimum Gasteiger partial charge on any atom is -0.493 e. The van der Waals surface area contributed by atoms with Crippen LogP contribution in [0.2, 0.25) is 5.02 Å². The van der Waals surface area contributed by atoms with Crippen molar-refractivity contribution >= 4 is 23.4 Å². The van der Waals surface area contributed by atoms with Gasteiger partial charge < -0.3 is 20.1 Å². The van der Waals surface area contributed by atoms with Gasteiger partial charge in [0.2, 0.25) is 5.91 Å². The normalized spacial score (nSPS) is 17.6. The number of hydrogen-bond acceptors (Lipinski definition) is 4. The van der Waals surface area contributed by atoms with Crippen molar-refractivity contribution in [2.24, 2.45) is 0 Å². The zero-order valence-electron chi connectivity index (χ0n) is 12.6. The molecule has 0 spiro atoms. The van der Waals surface area contributed by atoms with Crippen LogP contribution in [-0.4, -0.2) is 38.1 Å². The van der Waals surface area contributed by atoms with E-state index in [1.54, 1.807) is 12.1 Å². The van der Waals surface area contributed by atoms with Gasteiger partial charge >= 0.3 is 0 Å². The Morgan fingerprint density at radius 1 is 1.50 bits per heavy atom. The number of methoxy groups -OCH3 is 1. The van der Waals surface area contributed by atoms with Crippen molar-refractivity contribution < 1.29 is 19.1 Å². The molecule has 2 amide bonds. The van der Waals surface area contributed by atoms with Crippen LogP contribution in [0.3, 0.4) is 0 Å². The third-order valence-corrected chi connectivity index (χ3v) is 3.66. The maximum atomic E-state index is 12.3. The minimum atomic E-state index is -0.260. The van der Waals surface area contributed by atoms with E-state index in [-0.39, 0.29) is 17.9 Å². The van der Waals surface area contributed by atoms with E-state index in [9.17, 15) is 9.59 Å². The summed E-state index contributed by atoms with van der Waals surface area (Å²) in [5.74, 6) is 0.588. The predicted octanol–water partition coefficient (Wildman–Crippen LogP) is 1.76. The molecule has 1 unspecified atom stereocenters. The number of nitrogens with one attached hydrogen (secondary N) is 2. The average molecular weight is 327 g/mol. The van der Waals surface area contributed by atoms with E-state index in [1.807, 2.05) is 6.92 Å². The molecule has 7 heteroatoms. The predicted molar refractivity (Wildman–Crippen MR) is 82.7 cm³/mol. The van der Waals surface area contributed by atoms with Crippen LogP contribution >= 0.6 is 11.6 Å². The van der Waals surface area contributed by atoms with Gasteiger partial charge in [-0.05, 0) is 25.5 Å². The smallest absolute Gasteiger partial charge is 0.251 e. The van der Waals surface area contributed by atoms with Gasteiger partial charge in [0, 0.05) is 24.6 Å². The van der Waals surface area contributed by atoms with Crippen molar-refractivity contribution in [1.29, 1.82) is 0 Å². The highest BCUT2D eigenvalue weighted by atomic mass is 35.5. The fraction of sp³-hybridized carbons (Fsp3) is 0.467. The molecule has 2 rings (SSSR count). The van der Waals surface area contributed by atoms with Gasteiger partial charge in [-0.15, -0.1) is 0 Å². The first kappa shape index (κ1) is 16.4. The zero-order valence-corrected chi connectivity index (χ0v) is 13.3. The second kappa shape index (κ2) is 7.35. The van der Waals surface area contributed by atoms with Crippen molar-refractivity contribution in [3.05, 3.63) is 22.7 Å². The molecule has 120 valence electrons. The summed E-state index contributed by atoms with van der Waals surface area (Å²) < 4.78 is 10.6. The van der Waals surface area contributed by atoms with Crippen LogP contribution in [-0.2, 0) is 4.79 Å². The largest absolute Gasteiger partial charge is 0.493 e. The summed E-state index contributed by atoms with van der Waals surface area (Å²) in [6.45, 7) is 2.73. The lowest BCUT2D eigenvalue weighted by atomic mass is 10.1. The van der Waals surface area contributed by atoms with Crippen LogP contribution < -0.4 is 20.1 Å². The average Bonchev–Trinajstić information content (AvgIpc) is 2.51. The third-order valence-electron chi connectivity index (χ3n) is 3.38. The van der Waals surface area contributed by atoms with Gasteiger partial charge in [0.05, 0.1) is 18.7 Å². The summed E-state index contributed by atoms with van der Waals surface area (Å²) in [5.41, 5.74) is 0.391. The van der Waals surface area contributed by atoms with Crippen LogP contribution in [0.4, 0.5) is 0 Å². The number of halogens is 1. The van der Waals surface area contributed by atoms with Crippen molar-refractivity contribution in [2.45, 2.75) is 25.8 Å². The highest BCUT2D eigenvalue weighted by Crippen LogP contribution is 2.36. The molecule has 1 atom stereocenters. The van der Waals surface area contributed by atoms with Gasteiger partial charge in [0.25, 0.3) is 5.91 Å². The number of rotatable bonds is 5. The van der Waals surface area contributed by atoms with E-state index in [0.29, 0.717) is 48.1 Å². The Hall–Kier alpha value is -1.95. The number of carbonyl (C=O) groups excluding carboxylic acids is 2. The summed E-state index contributed by atoms with van der Waals surface area (Å²) in [6.07, 6.45) is 1.04. The molecule has 1 heterocycles. The topological polar surface area (TPSA) is 76.7 Å². The van der Waals surface area contributed by atoms with Crippen molar-refractivity contribution in [2.75, 3.05) is 20.3 Å². The Bertz CT molecular complexity index is 567. The van der Waals surface area contributed by atoms with Gasteiger partial charge in [0.1, 0.15) is 0 Å². The maximum Gasteiger partial charge on any atom is 0.251 e. The highest BCUT2D eigenvalue weighted by molar-refractivity contribution is 6.32. The van der Waals surface area contributed by atoms with Crippen LogP contribution in [0.15, 0.2) is 12.1 Å². The molecule has 22 heavy (non-hydrogen) atoms. The van der Waals surface area contributed by atoms with Crippen molar-refractivity contribution in [3.63, 3.8) is 0 Å². The molecular weight excluding hydrogens is 308 g/mol. The first-order valence-corrected chi connectivity index (χ1v) is 7.50. The lowest BCUT2D eigenvalue weighted by molar-refractivity contribution is -0.122. The summed E-state index contributed by atoms with van der Waals surface area (Å²) >= 11 is 6.16. The van der Waals surface area contributed by atoms with E-state index in [4.69, 9.17) is 21.1 Å². The van der Waals surface area contributed by atoms with E-state index >= 15 is 0 Å². The van der Waals surface area contributed by atoms with E-state index in [1.165, 1.54) is 7.11 Å². The van der Waals surface area contributed by atoms with Crippen LogP contribution in [0, 0.1) is 0 Å². The van der Waals surface area contributed by atoms with Crippen LogP contribution in [0.1, 0.15) is 30.1 Å². The number of ether oxygens (including phenoxy) is 2. The summed E-state index contributed by atoms with van der Waals surface area (Å²) in [4.78, 5) is 23.4. The fourth-order valence-electron chi connectivity index (χ4n) is 2.26. The van der Waals surface area contributed by atoms with Crippen molar-refractivity contribution in [1.82, 2.24) is 10.6 Å². The molecule has 0 aliphatic carbocycles. The molecule has 1 aliphatic rings. The van der Waals surface area contributed by atoms with Gasteiger partial charge in [-0.1, -0.05) is 11.6 Å². The summed E-state index contributed by atoms with van der Waals surface area (Å²) in [5, 5.41) is 5.92. The second-order valence-corrected chi connectivity index (χ2v) is 5.34. The number of piperidine rings is 1. The Labute approximate surface area is 134 Å². The first-order valence-electron chi connectivity index (χ1n) is 7.13. The Kier molecular flexibility index (Phi) is 5.49. The lowest BCUT2D eigenvalue weighted by Crippen LogP contribution is -2.47. The molecule has 0 saturated carbocycles. The second-order valence-electron chi connectivity index (χ2n) is 4.94. The molecule has 1 aliphatic heterocycles. The molecule has 1 aromatic rings. The molecule has 0 radical (unpaired) electrons. The van der Waals surface area contributed by atoms with Crippen molar-refractivity contribution in [3.8, 4) is 11.5 Å². The molecule has 1 fully saturated rings. The van der Waals surface area contributed by atoms with E-state index < -0.39 is 0 Å². The third kappa shape index (κ3) is 3.82. The number of benzene rings is 1. The lowest BCUT2D eigenvalue weighted by Gasteiger charge is -2.23. The van der Waals surface area contributed by atoms with E-state index in [2.05, 4.69) is 10.6 Å².